The minimum absolute atomic E-state index is 0.731. The summed E-state index contributed by atoms with van der Waals surface area (Å²) < 4.78 is 7.56. The Morgan fingerprint density at radius 1 is 1.16 bits per heavy atom. The first-order valence-electron chi connectivity index (χ1n) is 8.94. The minimum atomic E-state index is 0.731. The minimum Gasteiger partial charge on any atom is -0.494 e. The van der Waals surface area contributed by atoms with Gasteiger partial charge in [-0.05, 0) is 69.1 Å². The van der Waals surface area contributed by atoms with Gasteiger partial charge in [0.1, 0.15) is 12.1 Å². The first-order chi connectivity index (χ1) is 12.3. The average Bonchev–Trinajstić information content (AvgIpc) is 3.27. The number of rotatable bonds is 6. The maximum absolute atomic E-state index is 5.88. The van der Waals surface area contributed by atoms with Crippen LogP contribution in [0, 0.1) is 0 Å². The van der Waals surface area contributed by atoms with Crippen LogP contribution in [0.2, 0.25) is 0 Å². The Morgan fingerprint density at radius 2 is 2.04 bits per heavy atom. The molecule has 0 unspecified atom stereocenters. The molecule has 6 nitrogen and oxygen atoms in total. The number of ether oxygens (including phenoxy) is 1. The smallest absolute Gasteiger partial charge is 0.177 e. The Kier molecular flexibility index (Phi) is 4.61. The molecule has 1 aliphatic rings. The van der Waals surface area contributed by atoms with Gasteiger partial charge < -0.3 is 9.64 Å². The lowest BCUT2D eigenvalue weighted by Crippen LogP contribution is -2.28. The van der Waals surface area contributed by atoms with Crippen molar-refractivity contribution in [3.05, 3.63) is 42.7 Å². The van der Waals surface area contributed by atoms with E-state index in [2.05, 4.69) is 27.1 Å². The quantitative estimate of drug-likeness (QED) is 0.647. The molecule has 6 heteroatoms. The monoisotopic (exact) mass is 337 g/mol. The topological polar surface area (TPSA) is 55.5 Å². The summed E-state index contributed by atoms with van der Waals surface area (Å²) in [5.74, 6) is 0.906. The van der Waals surface area contributed by atoms with Crippen LogP contribution in [0.1, 0.15) is 26.2 Å². The summed E-state index contributed by atoms with van der Waals surface area (Å²) in [5, 5.41) is 12.3. The molecule has 0 N–H and O–H groups in total. The number of aromatic nitrogens is 4. The van der Waals surface area contributed by atoms with Crippen molar-refractivity contribution in [2.45, 2.75) is 32.2 Å². The summed E-state index contributed by atoms with van der Waals surface area (Å²) >= 11 is 0. The number of hydrogen-bond acceptors (Lipinski definition) is 5. The third kappa shape index (κ3) is 3.64. The lowest BCUT2D eigenvalue weighted by atomic mass is 10.1. The van der Waals surface area contributed by atoms with E-state index >= 15 is 0 Å². The molecule has 0 aliphatic carbocycles. The maximum Gasteiger partial charge on any atom is 0.177 e. The average molecular weight is 337 g/mol. The van der Waals surface area contributed by atoms with Crippen LogP contribution in [0.25, 0.3) is 16.9 Å². The molecule has 25 heavy (non-hydrogen) atoms. The van der Waals surface area contributed by atoms with E-state index in [1.165, 1.54) is 19.4 Å². The summed E-state index contributed by atoms with van der Waals surface area (Å²) in [4.78, 5) is 2.55. The van der Waals surface area contributed by atoms with Crippen LogP contribution < -0.4 is 4.74 Å². The van der Waals surface area contributed by atoms with Crippen molar-refractivity contribution in [2.75, 3.05) is 19.7 Å². The molecule has 1 aromatic carbocycles. The fourth-order valence-corrected chi connectivity index (χ4v) is 3.39. The molecule has 0 bridgehead atoms. The second kappa shape index (κ2) is 7.19. The van der Waals surface area contributed by atoms with Crippen molar-refractivity contribution in [3.8, 4) is 17.0 Å². The number of hydrogen-bond donors (Lipinski definition) is 0. The first-order valence-corrected chi connectivity index (χ1v) is 8.94. The van der Waals surface area contributed by atoms with E-state index < -0.39 is 0 Å². The van der Waals surface area contributed by atoms with Gasteiger partial charge in [0.15, 0.2) is 5.65 Å². The third-order valence-corrected chi connectivity index (χ3v) is 4.86. The van der Waals surface area contributed by atoms with Gasteiger partial charge in [-0.1, -0.05) is 0 Å². The standard InChI is InChI=1S/C19H23N5O/c1-15-4-2-11-23(15)12-3-13-25-17-7-5-16(6-8-17)18-9-10-19-21-20-14-24(19)22-18/h5-10,14-15H,2-4,11-13H2,1H3/t15-/m1/s1. The predicted octanol–water partition coefficient (Wildman–Crippen LogP) is 3.04. The van der Waals surface area contributed by atoms with E-state index in [0.29, 0.717) is 0 Å². The van der Waals surface area contributed by atoms with E-state index in [1.54, 1.807) is 10.8 Å². The fourth-order valence-electron chi connectivity index (χ4n) is 3.39. The Labute approximate surface area is 147 Å². The van der Waals surface area contributed by atoms with Crippen LogP contribution in [0.5, 0.6) is 5.75 Å². The molecule has 130 valence electrons. The maximum atomic E-state index is 5.88. The van der Waals surface area contributed by atoms with E-state index in [1.807, 2.05) is 36.4 Å². The second-order valence-corrected chi connectivity index (χ2v) is 6.61. The first kappa shape index (κ1) is 16.0. The largest absolute Gasteiger partial charge is 0.494 e. The van der Waals surface area contributed by atoms with E-state index in [9.17, 15) is 0 Å². The number of nitrogens with zero attached hydrogens (tertiary/aromatic N) is 5. The highest BCUT2D eigenvalue weighted by Crippen LogP contribution is 2.21. The van der Waals surface area contributed by atoms with E-state index in [-0.39, 0.29) is 0 Å². The zero-order valence-electron chi connectivity index (χ0n) is 14.5. The van der Waals surface area contributed by atoms with Gasteiger partial charge in [0.25, 0.3) is 0 Å². The molecule has 1 saturated heterocycles. The van der Waals surface area contributed by atoms with Crippen LogP contribution in [0.3, 0.4) is 0 Å². The van der Waals surface area contributed by atoms with Crippen molar-refractivity contribution in [2.24, 2.45) is 0 Å². The molecule has 2 aromatic heterocycles. The van der Waals surface area contributed by atoms with Crippen molar-refractivity contribution in [3.63, 3.8) is 0 Å². The molecule has 0 saturated carbocycles. The molecular weight excluding hydrogens is 314 g/mol. The van der Waals surface area contributed by atoms with Crippen molar-refractivity contribution >= 4 is 5.65 Å². The third-order valence-electron chi connectivity index (χ3n) is 4.86. The van der Waals surface area contributed by atoms with Gasteiger partial charge in [0.2, 0.25) is 0 Å². The second-order valence-electron chi connectivity index (χ2n) is 6.61. The summed E-state index contributed by atoms with van der Waals surface area (Å²) in [5.41, 5.74) is 2.69. The summed E-state index contributed by atoms with van der Waals surface area (Å²) in [7, 11) is 0. The zero-order chi connectivity index (χ0) is 17.1. The van der Waals surface area contributed by atoms with Crippen LogP contribution in [-0.2, 0) is 0 Å². The van der Waals surface area contributed by atoms with Crippen LogP contribution in [0.15, 0.2) is 42.7 Å². The number of likely N-dealkylation sites (tertiary alicyclic amines) is 1. The lowest BCUT2D eigenvalue weighted by molar-refractivity contribution is 0.230. The van der Waals surface area contributed by atoms with E-state index in [4.69, 9.17) is 4.74 Å². The Bertz CT molecular complexity index is 829. The number of fused-ring (bicyclic) bond motifs is 1. The lowest BCUT2D eigenvalue weighted by Gasteiger charge is -2.20. The molecule has 1 aliphatic heterocycles. The fraction of sp³-hybridized carbons (Fsp3) is 0.421. The predicted molar refractivity (Wildman–Crippen MR) is 96.6 cm³/mol. The van der Waals surface area contributed by atoms with Gasteiger partial charge in [-0.15, -0.1) is 10.2 Å². The molecule has 3 aromatic rings. The summed E-state index contributed by atoms with van der Waals surface area (Å²) in [6, 6.07) is 12.7. The Hall–Kier alpha value is -2.47. The van der Waals surface area contributed by atoms with Gasteiger partial charge in [-0.3, -0.25) is 0 Å². The normalized spacial score (nSPS) is 18.0. The molecule has 4 rings (SSSR count). The van der Waals surface area contributed by atoms with Crippen LogP contribution in [0.4, 0.5) is 0 Å². The van der Waals surface area contributed by atoms with Crippen LogP contribution in [-0.4, -0.2) is 50.4 Å². The van der Waals surface area contributed by atoms with E-state index in [0.717, 1.165) is 48.3 Å². The van der Waals surface area contributed by atoms with Crippen LogP contribution >= 0.6 is 0 Å². The molecular formula is C19H23N5O. The molecule has 0 spiro atoms. The molecule has 1 atom stereocenters. The summed E-state index contributed by atoms with van der Waals surface area (Å²) in [6.45, 7) is 5.44. The molecule has 1 fully saturated rings. The van der Waals surface area contributed by atoms with Crippen molar-refractivity contribution < 1.29 is 4.74 Å². The number of benzene rings is 1. The van der Waals surface area contributed by atoms with Crippen molar-refractivity contribution in [1.82, 2.24) is 24.7 Å². The Balaban J connectivity index is 1.32. The van der Waals surface area contributed by atoms with Gasteiger partial charge in [-0.25, -0.2) is 0 Å². The summed E-state index contributed by atoms with van der Waals surface area (Å²) in [6.07, 6.45) is 5.34. The highest BCUT2D eigenvalue weighted by molar-refractivity contribution is 5.60. The van der Waals surface area contributed by atoms with Gasteiger partial charge in [-0.2, -0.15) is 9.61 Å². The Morgan fingerprint density at radius 3 is 2.84 bits per heavy atom. The van der Waals surface area contributed by atoms with Gasteiger partial charge >= 0.3 is 0 Å². The SMILES string of the molecule is C[C@@H]1CCCN1CCCOc1ccc(-c2ccc3nncn3n2)cc1. The van der Waals surface area contributed by atoms with Gasteiger partial charge in [0, 0.05) is 18.2 Å². The van der Waals surface area contributed by atoms with Gasteiger partial charge in [0.05, 0.1) is 12.3 Å². The van der Waals surface area contributed by atoms with Crippen molar-refractivity contribution in [1.29, 1.82) is 0 Å². The highest BCUT2D eigenvalue weighted by Gasteiger charge is 2.19. The molecule has 0 radical (unpaired) electrons. The molecule has 3 heterocycles. The highest BCUT2D eigenvalue weighted by atomic mass is 16.5. The zero-order valence-corrected chi connectivity index (χ0v) is 14.5. The molecule has 0 amide bonds.